The van der Waals surface area contributed by atoms with E-state index in [4.69, 9.17) is 16.1 Å². The van der Waals surface area contributed by atoms with Crippen molar-refractivity contribution < 1.29 is 9.32 Å². The Balaban J connectivity index is 1.84. The molecule has 0 bridgehead atoms. The molecule has 0 unspecified atom stereocenters. The van der Waals surface area contributed by atoms with Gasteiger partial charge in [-0.1, -0.05) is 28.9 Å². The quantitative estimate of drug-likeness (QED) is 0.924. The lowest BCUT2D eigenvalue weighted by Gasteiger charge is -2.03. The Morgan fingerprint density at radius 2 is 2.11 bits per heavy atom. The second-order valence-electron chi connectivity index (χ2n) is 3.97. The van der Waals surface area contributed by atoms with Crippen LogP contribution in [0.2, 0.25) is 5.02 Å². The van der Waals surface area contributed by atoms with Crippen molar-refractivity contribution in [1.82, 2.24) is 10.5 Å². The van der Waals surface area contributed by atoms with Crippen LogP contribution in [0.1, 0.15) is 21.7 Å². The van der Waals surface area contributed by atoms with Crippen molar-refractivity contribution in [1.29, 1.82) is 0 Å². The number of aryl methyl sites for hydroxylation is 1. The lowest BCUT2D eigenvalue weighted by atomic mass is 10.1. The summed E-state index contributed by atoms with van der Waals surface area (Å²) in [6.45, 7) is 2.32. The van der Waals surface area contributed by atoms with Crippen LogP contribution in [0, 0.1) is 6.92 Å². The highest BCUT2D eigenvalue weighted by Crippen LogP contribution is 2.10. The van der Waals surface area contributed by atoms with Crippen LogP contribution in [0.15, 0.2) is 35.0 Å². The second-order valence-corrected chi connectivity index (χ2v) is 4.41. The molecule has 1 N–H and O–H groups in total. The Bertz CT molecular complexity index is 534. The molecule has 0 spiro atoms. The Hall–Kier alpha value is -1.81. The predicted molar refractivity (Wildman–Crippen MR) is 68.7 cm³/mol. The topological polar surface area (TPSA) is 55.1 Å². The third kappa shape index (κ3) is 3.11. The van der Waals surface area contributed by atoms with Crippen molar-refractivity contribution in [2.75, 3.05) is 6.54 Å². The van der Waals surface area contributed by atoms with Crippen LogP contribution in [0.25, 0.3) is 0 Å². The van der Waals surface area contributed by atoms with Gasteiger partial charge in [-0.3, -0.25) is 4.79 Å². The summed E-state index contributed by atoms with van der Waals surface area (Å²) in [4.78, 5) is 11.7. The molecule has 0 aliphatic rings. The predicted octanol–water partition coefficient (Wildman–Crippen LogP) is 2.61. The highest BCUT2D eigenvalue weighted by Gasteiger charge is 2.12. The monoisotopic (exact) mass is 264 g/mol. The van der Waals surface area contributed by atoms with Crippen molar-refractivity contribution in [2.45, 2.75) is 13.3 Å². The summed E-state index contributed by atoms with van der Waals surface area (Å²) < 4.78 is 4.87. The van der Waals surface area contributed by atoms with Gasteiger partial charge in [0.2, 0.25) is 5.76 Å². The van der Waals surface area contributed by atoms with Crippen LogP contribution in [0.3, 0.4) is 0 Å². The maximum Gasteiger partial charge on any atom is 0.290 e. The van der Waals surface area contributed by atoms with Crippen LogP contribution in [0.4, 0.5) is 0 Å². The van der Waals surface area contributed by atoms with Crippen LogP contribution >= 0.6 is 11.6 Å². The van der Waals surface area contributed by atoms with Gasteiger partial charge in [-0.25, -0.2) is 0 Å². The number of aromatic nitrogens is 1. The Morgan fingerprint density at radius 1 is 1.39 bits per heavy atom. The lowest BCUT2D eigenvalue weighted by molar-refractivity contribution is 0.0916. The van der Waals surface area contributed by atoms with Gasteiger partial charge in [0.15, 0.2) is 0 Å². The molecule has 2 rings (SSSR count). The average molecular weight is 265 g/mol. The lowest BCUT2D eigenvalue weighted by Crippen LogP contribution is -2.25. The maximum atomic E-state index is 11.7. The van der Waals surface area contributed by atoms with Gasteiger partial charge < -0.3 is 9.84 Å². The summed E-state index contributed by atoms with van der Waals surface area (Å²) in [5.74, 6) is 0.0325. The van der Waals surface area contributed by atoms with Gasteiger partial charge in [0, 0.05) is 17.1 Å². The SMILES string of the molecule is Cc1cnoc1C(=O)NCCc1ccc(Cl)cc1. The zero-order chi connectivity index (χ0) is 13.0. The second kappa shape index (κ2) is 5.69. The number of carbonyl (C=O) groups is 1. The molecule has 5 heteroatoms. The minimum atomic E-state index is -0.237. The molecular formula is C13H13ClN2O2. The van der Waals surface area contributed by atoms with Crippen molar-refractivity contribution in [2.24, 2.45) is 0 Å². The fourth-order valence-electron chi connectivity index (χ4n) is 1.56. The molecule has 4 nitrogen and oxygen atoms in total. The highest BCUT2D eigenvalue weighted by molar-refractivity contribution is 6.30. The molecule has 1 heterocycles. The Morgan fingerprint density at radius 3 is 2.72 bits per heavy atom. The first-order valence-electron chi connectivity index (χ1n) is 5.61. The first-order valence-corrected chi connectivity index (χ1v) is 5.98. The summed E-state index contributed by atoms with van der Waals surface area (Å²) in [6.07, 6.45) is 2.27. The number of rotatable bonds is 4. The normalized spacial score (nSPS) is 10.3. The van der Waals surface area contributed by atoms with E-state index >= 15 is 0 Å². The Labute approximate surface area is 110 Å². The molecule has 1 amide bonds. The van der Waals surface area contributed by atoms with E-state index in [1.165, 1.54) is 6.20 Å². The fourth-order valence-corrected chi connectivity index (χ4v) is 1.69. The number of amides is 1. The molecule has 0 atom stereocenters. The molecule has 0 saturated heterocycles. The number of carbonyl (C=O) groups excluding carboxylic acids is 1. The molecule has 18 heavy (non-hydrogen) atoms. The molecule has 0 fully saturated rings. The largest absolute Gasteiger partial charge is 0.351 e. The zero-order valence-electron chi connectivity index (χ0n) is 9.94. The van der Waals surface area contributed by atoms with E-state index in [1.807, 2.05) is 24.3 Å². The number of halogens is 1. The van der Waals surface area contributed by atoms with E-state index in [0.29, 0.717) is 11.6 Å². The third-order valence-electron chi connectivity index (χ3n) is 2.57. The van der Waals surface area contributed by atoms with Gasteiger partial charge in [-0.15, -0.1) is 0 Å². The first-order chi connectivity index (χ1) is 8.66. The molecule has 2 aromatic rings. The number of hydrogen-bond donors (Lipinski definition) is 1. The average Bonchev–Trinajstić information content (AvgIpc) is 2.78. The molecule has 0 aliphatic heterocycles. The molecule has 0 aliphatic carbocycles. The number of nitrogens with one attached hydrogen (secondary N) is 1. The van der Waals surface area contributed by atoms with E-state index in [-0.39, 0.29) is 11.7 Å². The standard InChI is InChI=1S/C13H13ClN2O2/c1-9-8-16-18-12(9)13(17)15-7-6-10-2-4-11(14)5-3-10/h2-5,8H,6-7H2,1H3,(H,15,17). The smallest absolute Gasteiger partial charge is 0.290 e. The molecular weight excluding hydrogens is 252 g/mol. The summed E-state index contributed by atoms with van der Waals surface area (Å²) in [6, 6.07) is 7.54. The highest BCUT2D eigenvalue weighted by atomic mass is 35.5. The van der Waals surface area contributed by atoms with Gasteiger partial charge in [0.1, 0.15) is 0 Å². The van der Waals surface area contributed by atoms with Crippen LogP contribution in [-0.4, -0.2) is 17.6 Å². The van der Waals surface area contributed by atoms with E-state index in [0.717, 1.165) is 17.5 Å². The van der Waals surface area contributed by atoms with Gasteiger partial charge in [-0.2, -0.15) is 0 Å². The summed E-state index contributed by atoms with van der Waals surface area (Å²) >= 11 is 5.79. The molecule has 0 saturated carbocycles. The van der Waals surface area contributed by atoms with Crippen LogP contribution in [-0.2, 0) is 6.42 Å². The summed E-state index contributed by atoms with van der Waals surface area (Å²) in [5, 5.41) is 7.06. The number of nitrogens with zero attached hydrogens (tertiary/aromatic N) is 1. The fraction of sp³-hybridized carbons (Fsp3) is 0.231. The van der Waals surface area contributed by atoms with Crippen molar-refractivity contribution in [3.63, 3.8) is 0 Å². The number of benzene rings is 1. The van der Waals surface area contributed by atoms with E-state index in [9.17, 15) is 4.79 Å². The summed E-state index contributed by atoms with van der Waals surface area (Å²) in [7, 11) is 0. The van der Waals surface area contributed by atoms with E-state index in [1.54, 1.807) is 6.92 Å². The van der Waals surface area contributed by atoms with Gasteiger partial charge in [0.25, 0.3) is 5.91 Å². The van der Waals surface area contributed by atoms with E-state index in [2.05, 4.69) is 10.5 Å². The molecule has 0 radical (unpaired) electrons. The van der Waals surface area contributed by atoms with Crippen molar-refractivity contribution >= 4 is 17.5 Å². The minimum absolute atomic E-state index is 0.237. The molecule has 1 aromatic carbocycles. The van der Waals surface area contributed by atoms with Gasteiger partial charge >= 0.3 is 0 Å². The summed E-state index contributed by atoms with van der Waals surface area (Å²) in [5.41, 5.74) is 1.85. The Kier molecular flexibility index (Phi) is 3.99. The first kappa shape index (κ1) is 12.6. The van der Waals surface area contributed by atoms with E-state index < -0.39 is 0 Å². The van der Waals surface area contributed by atoms with Gasteiger partial charge in [-0.05, 0) is 31.0 Å². The molecule has 94 valence electrons. The zero-order valence-corrected chi connectivity index (χ0v) is 10.7. The minimum Gasteiger partial charge on any atom is -0.351 e. The third-order valence-corrected chi connectivity index (χ3v) is 2.82. The van der Waals surface area contributed by atoms with Crippen molar-refractivity contribution in [3.8, 4) is 0 Å². The van der Waals surface area contributed by atoms with Crippen molar-refractivity contribution in [3.05, 3.63) is 52.4 Å². The maximum absolute atomic E-state index is 11.7. The van der Waals surface area contributed by atoms with Crippen LogP contribution < -0.4 is 5.32 Å². The van der Waals surface area contributed by atoms with Gasteiger partial charge in [0.05, 0.1) is 6.20 Å². The molecule has 1 aromatic heterocycles. The number of hydrogen-bond acceptors (Lipinski definition) is 3. The van der Waals surface area contributed by atoms with Crippen LogP contribution in [0.5, 0.6) is 0 Å².